The van der Waals surface area contributed by atoms with Crippen molar-refractivity contribution in [1.82, 2.24) is 0 Å². The van der Waals surface area contributed by atoms with Crippen LogP contribution in [-0.4, -0.2) is 17.4 Å². The van der Waals surface area contributed by atoms with Gasteiger partial charge in [-0.1, -0.05) is 0 Å². The highest BCUT2D eigenvalue weighted by Gasteiger charge is 2.24. The minimum Gasteiger partial charge on any atom is -0.323 e. The lowest BCUT2D eigenvalue weighted by atomic mass is 10.1. The Morgan fingerprint density at radius 2 is 2.18 bits per heavy atom. The number of benzene rings is 1. The van der Waals surface area contributed by atoms with Crippen molar-refractivity contribution in [2.24, 2.45) is 5.92 Å². The summed E-state index contributed by atoms with van der Waals surface area (Å²) in [4.78, 5) is 11.7. The first-order chi connectivity index (χ1) is 8.08. The molecule has 0 spiro atoms. The third-order valence-corrected chi connectivity index (χ3v) is 4.34. The second-order valence-corrected chi connectivity index (χ2v) is 5.80. The van der Waals surface area contributed by atoms with E-state index in [1.54, 1.807) is 11.8 Å². The Labute approximate surface area is 110 Å². The molecule has 1 atom stereocenters. The van der Waals surface area contributed by atoms with Crippen LogP contribution >= 0.6 is 27.7 Å². The number of anilines is 1. The number of thioether (sulfide) groups is 1. The fourth-order valence-electron chi connectivity index (χ4n) is 1.59. The Kier molecular flexibility index (Phi) is 4.04. The van der Waals surface area contributed by atoms with Gasteiger partial charge in [-0.15, -0.1) is 0 Å². The fraction of sp³-hybridized carbons (Fsp3) is 0.364. The molecule has 1 N–H and O–H groups in total. The van der Waals surface area contributed by atoms with Gasteiger partial charge in [0.1, 0.15) is 11.6 Å². The summed E-state index contributed by atoms with van der Waals surface area (Å²) in [5, 5.41) is 2.43. The molecule has 6 heteroatoms. The molecule has 0 bridgehead atoms. The average Bonchev–Trinajstić information content (AvgIpc) is 2.79. The van der Waals surface area contributed by atoms with Crippen molar-refractivity contribution in [2.45, 2.75) is 6.42 Å². The maximum atomic E-state index is 13.5. The van der Waals surface area contributed by atoms with Gasteiger partial charge in [0.25, 0.3) is 0 Å². The van der Waals surface area contributed by atoms with Crippen molar-refractivity contribution >= 4 is 39.3 Å². The molecule has 0 saturated carbocycles. The highest BCUT2D eigenvalue weighted by molar-refractivity contribution is 9.10. The molecule has 2 nitrogen and oxygen atoms in total. The van der Waals surface area contributed by atoms with Crippen molar-refractivity contribution in [3.05, 3.63) is 28.2 Å². The van der Waals surface area contributed by atoms with Gasteiger partial charge in [0.15, 0.2) is 0 Å². The van der Waals surface area contributed by atoms with Crippen LogP contribution in [0.25, 0.3) is 0 Å². The molecular formula is C11H10BrF2NOS. The van der Waals surface area contributed by atoms with Gasteiger partial charge >= 0.3 is 0 Å². The molecular weight excluding hydrogens is 312 g/mol. The molecule has 1 aromatic rings. The molecule has 17 heavy (non-hydrogen) atoms. The summed E-state index contributed by atoms with van der Waals surface area (Å²) in [6.07, 6.45) is 0.789. The highest BCUT2D eigenvalue weighted by Crippen LogP contribution is 2.27. The van der Waals surface area contributed by atoms with Gasteiger partial charge in [0, 0.05) is 17.7 Å². The van der Waals surface area contributed by atoms with Crippen LogP contribution in [0.1, 0.15) is 6.42 Å². The van der Waals surface area contributed by atoms with E-state index in [9.17, 15) is 13.6 Å². The zero-order valence-electron chi connectivity index (χ0n) is 8.80. The largest absolute Gasteiger partial charge is 0.323 e. The lowest BCUT2D eigenvalue weighted by Crippen LogP contribution is -2.23. The minimum atomic E-state index is -0.641. The van der Waals surface area contributed by atoms with Crippen molar-refractivity contribution in [2.75, 3.05) is 16.8 Å². The van der Waals surface area contributed by atoms with Gasteiger partial charge in [-0.05, 0) is 34.2 Å². The average molecular weight is 322 g/mol. The summed E-state index contributed by atoms with van der Waals surface area (Å²) in [5.41, 5.74) is -0.104. The van der Waals surface area contributed by atoms with Crippen molar-refractivity contribution < 1.29 is 13.6 Å². The SMILES string of the molecule is O=C(Nc1cc(F)c(Br)cc1F)C1CCSC1. The first-order valence-electron chi connectivity index (χ1n) is 5.11. The summed E-state index contributed by atoms with van der Waals surface area (Å²) < 4.78 is 26.7. The Bertz CT molecular complexity index is 449. The first-order valence-corrected chi connectivity index (χ1v) is 7.06. The standard InChI is InChI=1S/C11H10BrF2NOS/c12-7-3-9(14)10(4-8(7)13)15-11(16)6-1-2-17-5-6/h3-4,6H,1-2,5H2,(H,15,16). The van der Waals surface area contributed by atoms with E-state index in [4.69, 9.17) is 0 Å². The van der Waals surface area contributed by atoms with E-state index < -0.39 is 11.6 Å². The van der Waals surface area contributed by atoms with Crippen LogP contribution in [0, 0.1) is 17.6 Å². The van der Waals surface area contributed by atoms with Gasteiger partial charge in [-0.2, -0.15) is 11.8 Å². The van der Waals surface area contributed by atoms with Crippen LogP contribution in [0.4, 0.5) is 14.5 Å². The maximum Gasteiger partial charge on any atom is 0.228 e. The number of carbonyl (C=O) groups excluding carboxylic acids is 1. The minimum absolute atomic E-state index is 0.0458. The van der Waals surface area contributed by atoms with Crippen LogP contribution in [0.2, 0.25) is 0 Å². The first kappa shape index (κ1) is 12.8. The molecule has 2 rings (SSSR count). The second kappa shape index (κ2) is 5.35. The molecule has 1 saturated heterocycles. The molecule has 1 fully saturated rings. The number of rotatable bonds is 2. The lowest BCUT2D eigenvalue weighted by Gasteiger charge is -2.11. The number of nitrogens with one attached hydrogen (secondary N) is 1. The van der Waals surface area contributed by atoms with Crippen molar-refractivity contribution in [1.29, 1.82) is 0 Å². The molecule has 1 heterocycles. The van der Waals surface area contributed by atoms with Crippen LogP contribution < -0.4 is 5.32 Å². The zero-order valence-corrected chi connectivity index (χ0v) is 11.2. The van der Waals surface area contributed by atoms with Gasteiger partial charge in [-0.25, -0.2) is 8.78 Å². The molecule has 1 aliphatic rings. The van der Waals surface area contributed by atoms with Crippen LogP contribution in [0.5, 0.6) is 0 Å². The maximum absolute atomic E-state index is 13.5. The second-order valence-electron chi connectivity index (χ2n) is 3.80. The summed E-state index contributed by atoms with van der Waals surface area (Å²) in [7, 11) is 0. The molecule has 0 aliphatic carbocycles. The normalized spacial score (nSPS) is 19.4. The number of hydrogen-bond acceptors (Lipinski definition) is 2. The number of amides is 1. The van der Waals surface area contributed by atoms with Gasteiger partial charge < -0.3 is 5.32 Å². The fourth-order valence-corrected chi connectivity index (χ4v) is 3.13. The quantitative estimate of drug-likeness (QED) is 0.846. The molecule has 0 radical (unpaired) electrons. The van der Waals surface area contributed by atoms with E-state index in [0.29, 0.717) is 0 Å². The molecule has 92 valence electrons. The van der Waals surface area contributed by atoms with E-state index in [1.165, 1.54) is 0 Å². The van der Waals surface area contributed by atoms with E-state index in [2.05, 4.69) is 21.2 Å². The van der Waals surface area contributed by atoms with Crippen LogP contribution in [0.3, 0.4) is 0 Å². The van der Waals surface area contributed by atoms with Gasteiger partial charge in [0.05, 0.1) is 10.2 Å². The van der Waals surface area contributed by atoms with Crippen molar-refractivity contribution in [3.8, 4) is 0 Å². The Morgan fingerprint density at radius 1 is 1.41 bits per heavy atom. The highest BCUT2D eigenvalue weighted by atomic mass is 79.9. The zero-order chi connectivity index (χ0) is 12.4. The Hall–Kier alpha value is -0.620. The van der Waals surface area contributed by atoms with Gasteiger partial charge in [-0.3, -0.25) is 4.79 Å². The van der Waals surface area contributed by atoms with E-state index in [-0.39, 0.29) is 22.0 Å². The van der Waals surface area contributed by atoms with E-state index in [1.807, 2.05) is 0 Å². The molecule has 1 amide bonds. The van der Waals surface area contributed by atoms with Gasteiger partial charge in [0.2, 0.25) is 5.91 Å². The number of halogens is 3. The number of carbonyl (C=O) groups is 1. The smallest absolute Gasteiger partial charge is 0.228 e. The van der Waals surface area contributed by atoms with Crippen LogP contribution in [0.15, 0.2) is 16.6 Å². The summed E-state index contributed by atoms with van der Waals surface area (Å²) in [6.45, 7) is 0. The Morgan fingerprint density at radius 3 is 2.82 bits per heavy atom. The predicted octanol–water partition coefficient (Wildman–Crippen LogP) is 3.42. The summed E-state index contributed by atoms with van der Waals surface area (Å²) in [5.74, 6) is 0.100. The van der Waals surface area contributed by atoms with E-state index in [0.717, 1.165) is 30.1 Å². The number of hydrogen-bond donors (Lipinski definition) is 1. The molecule has 1 unspecified atom stereocenters. The summed E-state index contributed by atoms with van der Waals surface area (Å²) in [6, 6.07) is 1.99. The molecule has 1 aliphatic heterocycles. The predicted molar refractivity (Wildman–Crippen MR) is 68.1 cm³/mol. The Balaban J connectivity index is 2.12. The third-order valence-electron chi connectivity index (χ3n) is 2.57. The lowest BCUT2D eigenvalue weighted by molar-refractivity contribution is -0.119. The monoisotopic (exact) mass is 321 g/mol. The van der Waals surface area contributed by atoms with Crippen molar-refractivity contribution in [3.63, 3.8) is 0 Å². The van der Waals surface area contributed by atoms with E-state index >= 15 is 0 Å². The van der Waals surface area contributed by atoms with Crippen LogP contribution in [-0.2, 0) is 4.79 Å². The third kappa shape index (κ3) is 2.98. The topological polar surface area (TPSA) is 29.1 Å². The molecule has 0 aromatic heterocycles. The molecule has 1 aromatic carbocycles. The summed E-state index contributed by atoms with van der Waals surface area (Å²) >= 11 is 4.58.